The van der Waals surface area contributed by atoms with Gasteiger partial charge in [-0.1, -0.05) is 12.1 Å². The normalized spacial score (nSPS) is 26.4. The van der Waals surface area contributed by atoms with Crippen LogP contribution in [0.4, 0.5) is 0 Å². The van der Waals surface area contributed by atoms with Crippen LogP contribution in [0.2, 0.25) is 0 Å². The number of hydrogen-bond donors (Lipinski definition) is 1. The van der Waals surface area contributed by atoms with Crippen LogP contribution in [0.15, 0.2) is 24.3 Å². The smallest absolute Gasteiger partial charge is 0.228 e. The first-order chi connectivity index (χ1) is 12.0. The van der Waals surface area contributed by atoms with Crippen LogP contribution in [-0.4, -0.2) is 62.5 Å². The van der Waals surface area contributed by atoms with Crippen molar-refractivity contribution < 1.29 is 14.3 Å². The van der Waals surface area contributed by atoms with Crippen molar-refractivity contribution in [3.63, 3.8) is 0 Å². The number of benzene rings is 1. The van der Waals surface area contributed by atoms with Crippen molar-refractivity contribution in [1.29, 1.82) is 0 Å². The Kier molecular flexibility index (Phi) is 5.27. The molecule has 0 unspecified atom stereocenters. The van der Waals surface area contributed by atoms with Crippen LogP contribution in [0.5, 0.6) is 5.75 Å². The minimum atomic E-state index is -0.306. The molecule has 2 aliphatic heterocycles. The van der Waals surface area contributed by atoms with E-state index in [4.69, 9.17) is 4.74 Å². The molecule has 25 heavy (non-hydrogen) atoms. The number of methoxy groups -OCH3 is 1. The van der Waals surface area contributed by atoms with E-state index < -0.39 is 0 Å². The van der Waals surface area contributed by atoms with Gasteiger partial charge in [-0.25, -0.2) is 0 Å². The van der Waals surface area contributed by atoms with Crippen LogP contribution < -0.4 is 10.1 Å². The molecular weight excluding hydrogens is 318 g/mol. The SMILES string of the molecule is CNC[C@@H]1CCN(C(=O)[C@@H]2CC(=O)N(C)[C@@H]2c2ccc(OC)cc2)C1. The van der Waals surface area contributed by atoms with E-state index in [1.54, 1.807) is 19.1 Å². The van der Waals surface area contributed by atoms with Gasteiger partial charge in [-0.05, 0) is 43.6 Å². The topological polar surface area (TPSA) is 61.9 Å². The molecule has 3 rings (SSSR count). The predicted molar refractivity (Wildman–Crippen MR) is 95.2 cm³/mol. The summed E-state index contributed by atoms with van der Waals surface area (Å²) in [4.78, 5) is 29.0. The molecule has 6 heteroatoms. The minimum absolute atomic E-state index is 0.0325. The maximum Gasteiger partial charge on any atom is 0.228 e. The van der Waals surface area contributed by atoms with Gasteiger partial charge in [0.25, 0.3) is 0 Å². The predicted octanol–water partition coefficient (Wildman–Crippen LogP) is 1.28. The van der Waals surface area contributed by atoms with Gasteiger partial charge in [-0.15, -0.1) is 0 Å². The van der Waals surface area contributed by atoms with Crippen LogP contribution in [0.1, 0.15) is 24.4 Å². The second kappa shape index (κ2) is 7.44. The van der Waals surface area contributed by atoms with Crippen LogP contribution in [0.25, 0.3) is 0 Å². The van der Waals surface area contributed by atoms with Crippen LogP contribution in [0, 0.1) is 11.8 Å². The van der Waals surface area contributed by atoms with Crippen molar-refractivity contribution >= 4 is 11.8 Å². The molecule has 2 fully saturated rings. The van der Waals surface area contributed by atoms with Crippen molar-refractivity contribution in [2.45, 2.75) is 18.9 Å². The molecule has 0 aromatic heterocycles. The molecule has 0 radical (unpaired) electrons. The van der Waals surface area contributed by atoms with Crippen LogP contribution in [-0.2, 0) is 9.59 Å². The Morgan fingerprint density at radius 3 is 2.68 bits per heavy atom. The maximum absolute atomic E-state index is 13.1. The van der Waals surface area contributed by atoms with Gasteiger partial charge in [0, 0.05) is 26.6 Å². The second-order valence-electron chi connectivity index (χ2n) is 7.03. The molecule has 1 N–H and O–H groups in total. The third-order valence-electron chi connectivity index (χ3n) is 5.45. The van der Waals surface area contributed by atoms with Gasteiger partial charge in [0.2, 0.25) is 11.8 Å². The van der Waals surface area contributed by atoms with Gasteiger partial charge in [0.05, 0.1) is 19.1 Å². The highest BCUT2D eigenvalue weighted by molar-refractivity contribution is 5.90. The number of amides is 2. The zero-order chi connectivity index (χ0) is 18.0. The van der Waals surface area contributed by atoms with Crippen molar-refractivity contribution in [1.82, 2.24) is 15.1 Å². The number of likely N-dealkylation sites (tertiary alicyclic amines) is 2. The molecule has 1 aromatic carbocycles. The molecule has 136 valence electrons. The monoisotopic (exact) mass is 345 g/mol. The molecule has 2 amide bonds. The number of hydrogen-bond acceptors (Lipinski definition) is 4. The number of rotatable bonds is 5. The molecule has 2 saturated heterocycles. The largest absolute Gasteiger partial charge is 0.497 e. The average molecular weight is 345 g/mol. The van der Waals surface area contributed by atoms with Gasteiger partial charge in [0.15, 0.2) is 0 Å². The lowest BCUT2D eigenvalue weighted by atomic mass is 9.92. The second-order valence-corrected chi connectivity index (χ2v) is 7.03. The van der Waals surface area contributed by atoms with Crippen molar-refractivity contribution in [3.8, 4) is 5.75 Å². The van der Waals surface area contributed by atoms with E-state index in [0.717, 1.165) is 37.4 Å². The summed E-state index contributed by atoms with van der Waals surface area (Å²) in [6, 6.07) is 7.46. The first-order valence-corrected chi connectivity index (χ1v) is 8.88. The summed E-state index contributed by atoms with van der Waals surface area (Å²) in [6.45, 7) is 2.49. The van der Waals surface area contributed by atoms with Gasteiger partial charge in [-0.2, -0.15) is 0 Å². The Hall–Kier alpha value is -2.08. The summed E-state index contributed by atoms with van der Waals surface area (Å²) in [5.41, 5.74) is 0.985. The fourth-order valence-electron chi connectivity index (χ4n) is 4.07. The van der Waals surface area contributed by atoms with E-state index in [1.807, 2.05) is 36.2 Å². The van der Waals surface area contributed by atoms with E-state index >= 15 is 0 Å². The fourth-order valence-corrected chi connectivity index (χ4v) is 4.07. The highest BCUT2D eigenvalue weighted by atomic mass is 16.5. The summed E-state index contributed by atoms with van der Waals surface area (Å²) in [6.07, 6.45) is 1.31. The summed E-state index contributed by atoms with van der Waals surface area (Å²) in [5, 5.41) is 3.19. The molecular formula is C19H27N3O3. The molecule has 0 bridgehead atoms. The van der Waals surface area contributed by atoms with Crippen molar-refractivity contribution in [3.05, 3.63) is 29.8 Å². The quantitative estimate of drug-likeness (QED) is 0.873. The van der Waals surface area contributed by atoms with Crippen LogP contribution in [0.3, 0.4) is 0 Å². The third-order valence-corrected chi connectivity index (χ3v) is 5.45. The molecule has 1 aromatic rings. The molecule has 0 saturated carbocycles. The van der Waals surface area contributed by atoms with E-state index in [0.29, 0.717) is 12.3 Å². The Morgan fingerprint density at radius 1 is 1.32 bits per heavy atom. The molecule has 3 atom stereocenters. The fraction of sp³-hybridized carbons (Fsp3) is 0.579. The molecule has 2 aliphatic rings. The lowest BCUT2D eigenvalue weighted by Gasteiger charge is -2.28. The zero-order valence-corrected chi connectivity index (χ0v) is 15.2. The highest BCUT2D eigenvalue weighted by Crippen LogP contribution is 2.39. The number of ether oxygens (including phenoxy) is 1. The molecule has 2 heterocycles. The first-order valence-electron chi connectivity index (χ1n) is 8.88. The molecule has 6 nitrogen and oxygen atoms in total. The number of carbonyl (C=O) groups excluding carboxylic acids is 2. The summed E-state index contributed by atoms with van der Waals surface area (Å²) < 4.78 is 5.21. The molecule has 0 aliphatic carbocycles. The standard InChI is InChI=1S/C19H27N3O3/c1-20-11-13-8-9-22(12-13)19(24)16-10-17(23)21(2)18(16)14-4-6-15(25-3)7-5-14/h4-7,13,16,18,20H,8-12H2,1-3H3/t13-,16+,18+/m0/s1. The van der Waals surface area contributed by atoms with Gasteiger partial charge in [-0.3, -0.25) is 9.59 Å². The van der Waals surface area contributed by atoms with Gasteiger partial charge >= 0.3 is 0 Å². The lowest BCUT2D eigenvalue weighted by Crippen LogP contribution is -2.37. The molecule has 0 spiro atoms. The Labute approximate surface area is 149 Å². The van der Waals surface area contributed by atoms with Gasteiger partial charge in [0.1, 0.15) is 5.75 Å². The van der Waals surface area contributed by atoms with E-state index in [9.17, 15) is 9.59 Å². The van der Waals surface area contributed by atoms with Crippen molar-refractivity contribution in [2.75, 3.05) is 40.8 Å². The van der Waals surface area contributed by atoms with Crippen LogP contribution >= 0.6 is 0 Å². The number of carbonyl (C=O) groups is 2. The first kappa shape index (κ1) is 17.7. The highest BCUT2D eigenvalue weighted by Gasteiger charge is 2.45. The minimum Gasteiger partial charge on any atom is -0.497 e. The number of nitrogens with zero attached hydrogens (tertiary/aromatic N) is 2. The zero-order valence-electron chi connectivity index (χ0n) is 15.2. The Bertz CT molecular complexity index is 631. The van der Waals surface area contributed by atoms with Gasteiger partial charge < -0.3 is 19.9 Å². The van der Waals surface area contributed by atoms with Crippen molar-refractivity contribution in [2.24, 2.45) is 11.8 Å². The maximum atomic E-state index is 13.1. The third kappa shape index (κ3) is 3.49. The summed E-state index contributed by atoms with van der Waals surface area (Å²) >= 11 is 0. The lowest BCUT2D eigenvalue weighted by molar-refractivity contribution is -0.135. The van der Waals surface area contributed by atoms with E-state index in [-0.39, 0.29) is 23.8 Å². The average Bonchev–Trinajstić information content (AvgIpc) is 3.20. The number of nitrogens with one attached hydrogen (secondary N) is 1. The summed E-state index contributed by atoms with van der Waals surface area (Å²) in [5.74, 6) is 1.11. The Morgan fingerprint density at radius 2 is 2.04 bits per heavy atom. The Balaban J connectivity index is 1.78. The summed E-state index contributed by atoms with van der Waals surface area (Å²) in [7, 11) is 5.36. The van der Waals surface area contributed by atoms with E-state index in [2.05, 4.69) is 5.32 Å². The van der Waals surface area contributed by atoms with E-state index in [1.165, 1.54) is 0 Å².